The zero-order valence-electron chi connectivity index (χ0n) is 16.4. The highest BCUT2D eigenvalue weighted by molar-refractivity contribution is 7.98. The van der Waals surface area contributed by atoms with E-state index in [0.717, 1.165) is 0 Å². The number of amides is 3. The van der Waals surface area contributed by atoms with Crippen molar-refractivity contribution in [3.8, 4) is 0 Å². The third-order valence-corrected chi connectivity index (χ3v) is 5.17. The van der Waals surface area contributed by atoms with Gasteiger partial charge in [0.1, 0.15) is 18.1 Å². The van der Waals surface area contributed by atoms with Gasteiger partial charge < -0.3 is 31.5 Å². The van der Waals surface area contributed by atoms with E-state index in [9.17, 15) is 24.0 Å². The topological polar surface area (TPSA) is 179 Å². The summed E-state index contributed by atoms with van der Waals surface area (Å²) < 4.78 is 0. The Morgan fingerprint density at radius 1 is 1.21 bits per heavy atom. The molecule has 1 fully saturated rings. The monoisotopic (exact) mass is 432 g/mol. The number of carboxylic acids is 2. The zero-order valence-corrected chi connectivity index (χ0v) is 17.2. The van der Waals surface area contributed by atoms with E-state index in [2.05, 4.69) is 10.6 Å². The summed E-state index contributed by atoms with van der Waals surface area (Å²) in [5.41, 5.74) is 5.56. The summed E-state index contributed by atoms with van der Waals surface area (Å²) in [5, 5.41) is 22.6. The van der Waals surface area contributed by atoms with Crippen LogP contribution in [0.15, 0.2) is 0 Å². The summed E-state index contributed by atoms with van der Waals surface area (Å²) in [7, 11) is 0. The Morgan fingerprint density at radius 3 is 2.41 bits per heavy atom. The molecule has 3 amide bonds. The van der Waals surface area contributed by atoms with E-state index < -0.39 is 60.2 Å². The highest BCUT2D eigenvalue weighted by Gasteiger charge is 2.38. The summed E-state index contributed by atoms with van der Waals surface area (Å²) in [4.78, 5) is 60.6. The summed E-state index contributed by atoms with van der Waals surface area (Å²) >= 11 is 1.46. The number of hydrogen-bond donors (Lipinski definition) is 5. The number of likely N-dealkylation sites (tertiary alicyclic amines) is 1. The molecule has 4 unspecified atom stereocenters. The van der Waals surface area contributed by atoms with Crippen LogP contribution in [-0.4, -0.2) is 87.5 Å². The minimum atomic E-state index is -1.30. The lowest BCUT2D eigenvalue weighted by atomic mass is 10.1. The molecule has 6 N–H and O–H groups in total. The first-order valence-corrected chi connectivity index (χ1v) is 10.6. The van der Waals surface area contributed by atoms with Gasteiger partial charge in [-0.1, -0.05) is 0 Å². The number of nitrogens with two attached hydrogens (primary N) is 1. The van der Waals surface area contributed by atoms with E-state index in [1.54, 1.807) is 0 Å². The number of hydrogen-bond acceptors (Lipinski definition) is 7. The molecule has 1 heterocycles. The fraction of sp³-hybridized carbons (Fsp3) is 0.706. The van der Waals surface area contributed by atoms with Crippen LogP contribution in [-0.2, 0) is 24.0 Å². The van der Waals surface area contributed by atoms with Gasteiger partial charge in [0, 0.05) is 6.54 Å². The quantitative estimate of drug-likeness (QED) is 0.263. The van der Waals surface area contributed by atoms with Crippen LogP contribution in [0, 0.1) is 0 Å². The molecule has 1 rings (SSSR count). The van der Waals surface area contributed by atoms with Crippen molar-refractivity contribution in [3.05, 3.63) is 0 Å². The van der Waals surface area contributed by atoms with Gasteiger partial charge in [0.05, 0.1) is 12.5 Å². The summed E-state index contributed by atoms with van der Waals surface area (Å²) in [6.45, 7) is 1.62. The minimum absolute atomic E-state index is 0.280. The van der Waals surface area contributed by atoms with E-state index in [1.807, 2.05) is 6.26 Å². The molecule has 0 radical (unpaired) electrons. The molecule has 0 aromatic heterocycles. The van der Waals surface area contributed by atoms with E-state index in [4.69, 9.17) is 15.9 Å². The second-order valence-corrected chi connectivity index (χ2v) is 7.79. The predicted octanol–water partition coefficient (Wildman–Crippen LogP) is -1.39. The Labute approximate surface area is 172 Å². The Bertz CT molecular complexity index is 645. The third kappa shape index (κ3) is 7.54. The minimum Gasteiger partial charge on any atom is -0.481 e. The molecule has 1 aliphatic heterocycles. The number of thioether (sulfide) groups is 1. The van der Waals surface area contributed by atoms with Gasteiger partial charge in [0.25, 0.3) is 0 Å². The van der Waals surface area contributed by atoms with Gasteiger partial charge in [0.15, 0.2) is 0 Å². The van der Waals surface area contributed by atoms with Crippen molar-refractivity contribution in [3.63, 3.8) is 0 Å². The van der Waals surface area contributed by atoms with Crippen LogP contribution in [0.5, 0.6) is 0 Å². The first-order valence-electron chi connectivity index (χ1n) is 9.18. The van der Waals surface area contributed by atoms with E-state index in [-0.39, 0.29) is 6.42 Å². The molecule has 0 aromatic rings. The second-order valence-electron chi connectivity index (χ2n) is 6.81. The fourth-order valence-electron chi connectivity index (χ4n) is 2.93. The normalized spacial score (nSPS) is 19.1. The highest BCUT2D eigenvalue weighted by Crippen LogP contribution is 2.20. The Hall–Kier alpha value is -2.34. The number of carbonyl (C=O) groups excluding carboxylic acids is 3. The summed E-state index contributed by atoms with van der Waals surface area (Å²) in [5.74, 6) is -3.67. The van der Waals surface area contributed by atoms with Gasteiger partial charge in [0.2, 0.25) is 17.7 Å². The average Bonchev–Trinajstić information content (AvgIpc) is 3.13. The molecule has 164 valence electrons. The molecule has 1 saturated heterocycles. The number of aliphatic carboxylic acids is 2. The van der Waals surface area contributed by atoms with Crippen LogP contribution < -0.4 is 16.4 Å². The van der Waals surface area contributed by atoms with Crippen molar-refractivity contribution < 1.29 is 34.2 Å². The third-order valence-electron chi connectivity index (χ3n) is 4.52. The fourth-order valence-corrected chi connectivity index (χ4v) is 3.40. The number of nitrogens with zero attached hydrogens (tertiary/aromatic N) is 1. The number of carboxylic acid groups (broad SMARTS) is 2. The van der Waals surface area contributed by atoms with Crippen LogP contribution in [0.1, 0.15) is 32.6 Å². The molecule has 0 aliphatic carbocycles. The molecular weight excluding hydrogens is 404 g/mol. The summed E-state index contributed by atoms with van der Waals surface area (Å²) in [6, 6.07) is -4.18. The molecule has 4 atom stereocenters. The van der Waals surface area contributed by atoms with Crippen LogP contribution >= 0.6 is 11.8 Å². The Morgan fingerprint density at radius 2 is 1.86 bits per heavy atom. The van der Waals surface area contributed by atoms with Crippen molar-refractivity contribution in [2.24, 2.45) is 5.73 Å². The summed E-state index contributed by atoms with van der Waals surface area (Å²) in [6.07, 6.45) is 2.48. The molecule has 29 heavy (non-hydrogen) atoms. The van der Waals surface area contributed by atoms with Gasteiger partial charge in [-0.15, -0.1) is 0 Å². The Kier molecular flexibility index (Phi) is 9.89. The largest absolute Gasteiger partial charge is 0.481 e. The number of nitrogens with one attached hydrogen (secondary N) is 2. The molecular formula is C17H28N4O7S. The molecule has 1 aliphatic rings. The Balaban J connectivity index is 2.88. The first kappa shape index (κ1) is 24.7. The lowest BCUT2D eigenvalue weighted by Gasteiger charge is -2.29. The zero-order chi connectivity index (χ0) is 22.1. The average molecular weight is 432 g/mol. The molecule has 0 bridgehead atoms. The van der Waals surface area contributed by atoms with Crippen molar-refractivity contribution in [1.82, 2.24) is 15.5 Å². The molecule has 11 nitrogen and oxygen atoms in total. The van der Waals surface area contributed by atoms with Gasteiger partial charge in [-0.3, -0.25) is 24.0 Å². The van der Waals surface area contributed by atoms with Gasteiger partial charge in [-0.05, 0) is 38.2 Å². The molecule has 12 heteroatoms. The van der Waals surface area contributed by atoms with Crippen molar-refractivity contribution in [2.45, 2.75) is 56.8 Å². The maximum Gasteiger partial charge on any atom is 0.325 e. The SMILES string of the molecule is CSCCC(NC(=O)C(N)CC(=O)O)C(=O)N1CCCC1C(=O)NC(C)C(=O)O. The molecule has 0 aromatic carbocycles. The molecule has 0 saturated carbocycles. The number of carbonyl (C=O) groups is 5. The van der Waals surface area contributed by atoms with Crippen LogP contribution in [0.25, 0.3) is 0 Å². The van der Waals surface area contributed by atoms with Crippen LogP contribution in [0.4, 0.5) is 0 Å². The molecule has 0 spiro atoms. The van der Waals surface area contributed by atoms with Crippen molar-refractivity contribution >= 4 is 41.4 Å². The van der Waals surface area contributed by atoms with E-state index >= 15 is 0 Å². The smallest absolute Gasteiger partial charge is 0.325 e. The van der Waals surface area contributed by atoms with Gasteiger partial charge >= 0.3 is 11.9 Å². The maximum absolute atomic E-state index is 13.0. The lowest BCUT2D eigenvalue weighted by molar-refractivity contribution is -0.144. The van der Waals surface area contributed by atoms with Crippen LogP contribution in [0.3, 0.4) is 0 Å². The second kappa shape index (κ2) is 11.6. The van der Waals surface area contributed by atoms with Gasteiger partial charge in [-0.25, -0.2) is 0 Å². The van der Waals surface area contributed by atoms with Gasteiger partial charge in [-0.2, -0.15) is 11.8 Å². The maximum atomic E-state index is 13.0. The van der Waals surface area contributed by atoms with Crippen molar-refractivity contribution in [2.75, 3.05) is 18.6 Å². The van der Waals surface area contributed by atoms with E-state index in [0.29, 0.717) is 25.1 Å². The van der Waals surface area contributed by atoms with Crippen LogP contribution in [0.2, 0.25) is 0 Å². The highest BCUT2D eigenvalue weighted by atomic mass is 32.2. The number of rotatable bonds is 11. The predicted molar refractivity (Wildman–Crippen MR) is 105 cm³/mol. The lowest BCUT2D eigenvalue weighted by Crippen LogP contribution is -2.56. The van der Waals surface area contributed by atoms with E-state index in [1.165, 1.54) is 23.6 Å². The van der Waals surface area contributed by atoms with Crippen molar-refractivity contribution in [1.29, 1.82) is 0 Å². The standard InChI is InChI=1S/C17H28N4O7S/c1-9(17(27)28)19-15(25)12-4-3-6-21(12)16(26)11(5-7-29-2)20-14(24)10(18)8-13(22)23/h9-12H,3-8,18H2,1-2H3,(H,19,25)(H,20,24)(H,22,23)(H,27,28). The first-order chi connectivity index (χ1) is 13.6.